The predicted molar refractivity (Wildman–Crippen MR) is 80.9 cm³/mol. The number of anilines is 1. The van der Waals surface area contributed by atoms with Crippen LogP contribution in [0.5, 0.6) is 0 Å². The van der Waals surface area contributed by atoms with E-state index in [2.05, 4.69) is 10.0 Å². The molecule has 0 spiro atoms. The van der Waals surface area contributed by atoms with Crippen molar-refractivity contribution in [2.24, 2.45) is 0 Å². The van der Waals surface area contributed by atoms with Gasteiger partial charge in [0.1, 0.15) is 0 Å². The number of carbonyl (C=O) groups is 1. The van der Waals surface area contributed by atoms with Crippen molar-refractivity contribution in [2.45, 2.75) is 0 Å². The number of nitrogens with one attached hydrogen (secondary N) is 2. The van der Waals surface area contributed by atoms with Gasteiger partial charge in [0.25, 0.3) is 5.91 Å². The third-order valence-corrected chi connectivity index (χ3v) is 3.45. The van der Waals surface area contributed by atoms with E-state index in [-0.39, 0.29) is 18.3 Å². The molecule has 1 saturated heterocycles. The number of hydrogen-bond acceptors (Lipinski definition) is 4. The summed E-state index contributed by atoms with van der Waals surface area (Å²) in [4.78, 5) is 13.9. The maximum atomic E-state index is 12.2. The summed E-state index contributed by atoms with van der Waals surface area (Å²) >= 11 is 0. The summed E-state index contributed by atoms with van der Waals surface area (Å²) < 4.78 is 24.5. The second-order valence-corrected chi connectivity index (χ2v) is 6.24. The molecule has 0 bridgehead atoms. The molecule has 1 aromatic carbocycles. The van der Waals surface area contributed by atoms with Gasteiger partial charge in [-0.3, -0.25) is 9.52 Å². The molecule has 1 amide bonds. The van der Waals surface area contributed by atoms with Crippen molar-refractivity contribution in [1.29, 1.82) is 0 Å². The Labute approximate surface area is 125 Å². The molecule has 1 aliphatic rings. The lowest BCUT2D eigenvalue weighted by Crippen LogP contribution is -2.46. The van der Waals surface area contributed by atoms with E-state index in [9.17, 15) is 13.2 Å². The molecule has 1 aliphatic heterocycles. The largest absolute Gasteiger partial charge is 0.336 e. The number of nitrogens with zero attached hydrogens (tertiary/aromatic N) is 1. The highest BCUT2D eigenvalue weighted by Gasteiger charge is 2.17. The third kappa shape index (κ3) is 4.66. The Bertz CT molecular complexity index is 554. The van der Waals surface area contributed by atoms with Gasteiger partial charge in [-0.2, -0.15) is 0 Å². The quantitative estimate of drug-likeness (QED) is 0.851. The van der Waals surface area contributed by atoms with Gasteiger partial charge in [-0.25, -0.2) is 8.42 Å². The highest BCUT2D eigenvalue weighted by Crippen LogP contribution is 2.13. The van der Waals surface area contributed by atoms with Crippen molar-refractivity contribution < 1.29 is 13.2 Å². The van der Waals surface area contributed by atoms with Crippen LogP contribution in [0.25, 0.3) is 0 Å². The summed E-state index contributed by atoms with van der Waals surface area (Å²) in [6.45, 7) is 3.00. The molecule has 112 valence electrons. The summed E-state index contributed by atoms with van der Waals surface area (Å²) in [6.07, 6.45) is 1.09. The zero-order valence-electron chi connectivity index (χ0n) is 11.1. The first kappa shape index (κ1) is 16.7. The molecule has 0 saturated carbocycles. The Balaban J connectivity index is 0.00000200. The van der Waals surface area contributed by atoms with E-state index in [1.165, 1.54) is 0 Å². The SMILES string of the molecule is CS(=O)(=O)Nc1ccc(C(=O)N2CCNCC2)cc1.Cl. The fraction of sp³-hybridized carbons (Fsp3) is 0.417. The molecular weight excluding hydrogens is 302 g/mol. The van der Waals surface area contributed by atoms with Gasteiger partial charge in [-0.05, 0) is 24.3 Å². The predicted octanol–water partition coefficient (Wildman–Crippen LogP) is 0.525. The van der Waals surface area contributed by atoms with Gasteiger partial charge in [-0.1, -0.05) is 0 Å². The van der Waals surface area contributed by atoms with Crippen LogP contribution in [0.4, 0.5) is 5.69 Å². The lowest BCUT2D eigenvalue weighted by atomic mass is 10.1. The maximum Gasteiger partial charge on any atom is 0.253 e. The summed E-state index contributed by atoms with van der Waals surface area (Å²) in [5.41, 5.74) is 1.03. The molecule has 1 fully saturated rings. The molecule has 0 atom stereocenters. The summed E-state index contributed by atoms with van der Waals surface area (Å²) in [5, 5.41) is 3.19. The second kappa shape index (κ2) is 6.92. The van der Waals surface area contributed by atoms with Crippen molar-refractivity contribution >= 4 is 34.0 Å². The van der Waals surface area contributed by atoms with Gasteiger partial charge < -0.3 is 10.2 Å². The van der Waals surface area contributed by atoms with Crippen LogP contribution < -0.4 is 10.0 Å². The fourth-order valence-corrected chi connectivity index (χ4v) is 2.51. The van der Waals surface area contributed by atoms with Crippen LogP contribution >= 0.6 is 12.4 Å². The average Bonchev–Trinajstić information content (AvgIpc) is 2.38. The molecule has 0 aromatic heterocycles. The first-order valence-electron chi connectivity index (χ1n) is 6.03. The number of sulfonamides is 1. The van der Waals surface area contributed by atoms with E-state index >= 15 is 0 Å². The van der Waals surface area contributed by atoms with E-state index in [0.29, 0.717) is 24.3 Å². The van der Waals surface area contributed by atoms with Crippen LogP contribution in [-0.4, -0.2) is 51.7 Å². The minimum absolute atomic E-state index is 0. The van der Waals surface area contributed by atoms with Crippen LogP contribution in [0.15, 0.2) is 24.3 Å². The van der Waals surface area contributed by atoms with Gasteiger partial charge in [-0.15, -0.1) is 12.4 Å². The lowest BCUT2D eigenvalue weighted by molar-refractivity contribution is 0.0736. The van der Waals surface area contributed by atoms with Crippen molar-refractivity contribution in [3.8, 4) is 0 Å². The van der Waals surface area contributed by atoms with E-state index < -0.39 is 10.0 Å². The highest BCUT2D eigenvalue weighted by molar-refractivity contribution is 7.92. The Kier molecular flexibility index (Phi) is 5.79. The molecular formula is C12H18ClN3O3S. The van der Waals surface area contributed by atoms with Gasteiger partial charge in [0.2, 0.25) is 10.0 Å². The zero-order chi connectivity index (χ0) is 13.9. The Morgan fingerprint density at radius 2 is 1.75 bits per heavy atom. The summed E-state index contributed by atoms with van der Waals surface area (Å²) in [7, 11) is -3.28. The summed E-state index contributed by atoms with van der Waals surface area (Å²) in [5.74, 6) is -0.0209. The van der Waals surface area contributed by atoms with E-state index in [1.807, 2.05) is 0 Å². The average molecular weight is 320 g/mol. The topological polar surface area (TPSA) is 78.5 Å². The smallest absolute Gasteiger partial charge is 0.253 e. The lowest BCUT2D eigenvalue weighted by Gasteiger charge is -2.27. The van der Waals surface area contributed by atoms with Gasteiger partial charge in [0.05, 0.1) is 6.26 Å². The van der Waals surface area contributed by atoms with Crippen LogP contribution in [0.3, 0.4) is 0 Å². The normalized spacial score (nSPS) is 15.3. The Morgan fingerprint density at radius 3 is 2.25 bits per heavy atom. The molecule has 0 unspecified atom stereocenters. The standard InChI is InChI=1S/C12H17N3O3S.ClH/c1-19(17,18)14-11-4-2-10(3-5-11)12(16)15-8-6-13-7-9-15;/h2-5,13-14H,6-9H2,1H3;1H. The van der Waals surface area contributed by atoms with E-state index in [0.717, 1.165) is 19.3 Å². The van der Waals surface area contributed by atoms with Crippen molar-refractivity contribution in [1.82, 2.24) is 10.2 Å². The molecule has 0 aliphatic carbocycles. The first-order valence-corrected chi connectivity index (χ1v) is 7.93. The zero-order valence-corrected chi connectivity index (χ0v) is 12.8. The van der Waals surface area contributed by atoms with E-state index in [4.69, 9.17) is 0 Å². The highest BCUT2D eigenvalue weighted by atomic mass is 35.5. The fourth-order valence-electron chi connectivity index (χ4n) is 1.95. The first-order chi connectivity index (χ1) is 8.96. The number of rotatable bonds is 3. The van der Waals surface area contributed by atoms with E-state index in [1.54, 1.807) is 29.2 Å². The van der Waals surface area contributed by atoms with Crippen LogP contribution in [0.1, 0.15) is 10.4 Å². The number of piperazine rings is 1. The number of halogens is 1. The molecule has 1 heterocycles. The van der Waals surface area contributed by atoms with Crippen molar-refractivity contribution in [2.75, 3.05) is 37.2 Å². The minimum atomic E-state index is -3.28. The molecule has 6 nitrogen and oxygen atoms in total. The van der Waals surface area contributed by atoms with Crippen LogP contribution in [0, 0.1) is 0 Å². The van der Waals surface area contributed by atoms with Crippen molar-refractivity contribution in [3.63, 3.8) is 0 Å². The third-order valence-electron chi connectivity index (χ3n) is 2.84. The number of amides is 1. The Morgan fingerprint density at radius 1 is 1.20 bits per heavy atom. The van der Waals surface area contributed by atoms with Gasteiger partial charge >= 0.3 is 0 Å². The molecule has 2 N–H and O–H groups in total. The molecule has 1 aromatic rings. The molecule has 20 heavy (non-hydrogen) atoms. The number of carbonyl (C=O) groups excluding carboxylic acids is 1. The van der Waals surface area contributed by atoms with Crippen LogP contribution in [-0.2, 0) is 10.0 Å². The van der Waals surface area contributed by atoms with Crippen LogP contribution in [0.2, 0.25) is 0 Å². The molecule has 8 heteroatoms. The molecule has 0 radical (unpaired) electrons. The van der Waals surface area contributed by atoms with Crippen molar-refractivity contribution in [3.05, 3.63) is 29.8 Å². The second-order valence-electron chi connectivity index (χ2n) is 4.49. The van der Waals surface area contributed by atoms with Gasteiger partial charge in [0.15, 0.2) is 0 Å². The number of hydrogen-bond donors (Lipinski definition) is 2. The van der Waals surface area contributed by atoms with Gasteiger partial charge in [0, 0.05) is 37.4 Å². The minimum Gasteiger partial charge on any atom is -0.336 e. The maximum absolute atomic E-state index is 12.2. The monoisotopic (exact) mass is 319 g/mol. The molecule has 2 rings (SSSR count). The number of benzene rings is 1. The Hall–Kier alpha value is -1.31. The summed E-state index contributed by atoms with van der Waals surface area (Å²) in [6, 6.07) is 6.46.